The van der Waals surface area contributed by atoms with E-state index in [1.165, 1.54) is 11.3 Å². The van der Waals surface area contributed by atoms with Crippen LogP contribution < -0.4 is 5.32 Å². The molecule has 1 N–H and O–H groups in total. The molecule has 1 amide bonds. The van der Waals surface area contributed by atoms with Gasteiger partial charge in [-0.15, -0.1) is 11.3 Å². The van der Waals surface area contributed by atoms with Gasteiger partial charge in [-0.2, -0.15) is 0 Å². The quantitative estimate of drug-likeness (QED) is 0.792. The third-order valence-electron chi connectivity index (χ3n) is 3.18. The molecule has 0 unspecified atom stereocenters. The van der Waals surface area contributed by atoms with Crippen molar-refractivity contribution in [1.82, 2.24) is 5.32 Å². The van der Waals surface area contributed by atoms with E-state index in [0.717, 1.165) is 10.4 Å². The molecule has 0 spiro atoms. The van der Waals surface area contributed by atoms with Gasteiger partial charge in [-0.1, -0.05) is 36.4 Å². The van der Waals surface area contributed by atoms with Gasteiger partial charge in [-0.3, -0.25) is 0 Å². The molecule has 1 aromatic carbocycles. The molecule has 0 aliphatic rings. The molecule has 0 aliphatic heterocycles. The van der Waals surface area contributed by atoms with Crippen LogP contribution in [0.2, 0.25) is 0 Å². The first-order valence-electron chi connectivity index (χ1n) is 8.06. The summed E-state index contributed by atoms with van der Waals surface area (Å²) in [5.74, 6) is -0.474. The second kappa shape index (κ2) is 8.67. The van der Waals surface area contributed by atoms with Gasteiger partial charge in [0.15, 0.2) is 0 Å². The van der Waals surface area contributed by atoms with Gasteiger partial charge in [0.05, 0.1) is 0 Å². The van der Waals surface area contributed by atoms with Crippen LogP contribution in [0.4, 0.5) is 4.79 Å². The van der Waals surface area contributed by atoms with Gasteiger partial charge in [0.1, 0.15) is 18.2 Å². The highest BCUT2D eigenvalue weighted by Gasteiger charge is 2.27. The van der Waals surface area contributed by atoms with E-state index in [2.05, 4.69) is 5.32 Å². The maximum Gasteiger partial charge on any atom is 0.408 e. The van der Waals surface area contributed by atoms with E-state index in [0.29, 0.717) is 6.42 Å². The monoisotopic (exact) mass is 361 g/mol. The maximum atomic E-state index is 12.4. The summed E-state index contributed by atoms with van der Waals surface area (Å²) in [6.07, 6.45) is -0.274. The number of benzene rings is 1. The molecule has 134 valence electrons. The van der Waals surface area contributed by atoms with Gasteiger partial charge in [-0.05, 0) is 37.8 Å². The molecule has 0 saturated carbocycles. The number of rotatable bonds is 6. The molecular weight excluding hydrogens is 338 g/mol. The van der Waals surface area contributed by atoms with E-state index >= 15 is 0 Å². The van der Waals surface area contributed by atoms with Crippen molar-refractivity contribution in [2.24, 2.45) is 0 Å². The van der Waals surface area contributed by atoms with E-state index < -0.39 is 23.7 Å². The smallest absolute Gasteiger partial charge is 0.408 e. The summed E-state index contributed by atoms with van der Waals surface area (Å²) in [4.78, 5) is 25.5. The Hall–Kier alpha value is -2.34. The number of nitrogens with one attached hydrogen (secondary N) is 1. The van der Waals surface area contributed by atoms with Crippen LogP contribution in [0.25, 0.3) is 0 Å². The fraction of sp³-hybridized carbons (Fsp3) is 0.368. The van der Waals surface area contributed by atoms with Gasteiger partial charge in [0, 0.05) is 11.3 Å². The van der Waals surface area contributed by atoms with Crippen molar-refractivity contribution in [3.8, 4) is 0 Å². The second-order valence-electron chi connectivity index (χ2n) is 6.58. The minimum absolute atomic E-state index is 0.146. The van der Waals surface area contributed by atoms with Crippen LogP contribution in [0.15, 0.2) is 47.8 Å². The zero-order valence-electron chi connectivity index (χ0n) is 14.7. The lowest BCUT2D eigenvalue weighted by Crippen LogP contribution is -2.45. The van der Waals surface area contributed by atoms with Gasteiger partial charge >= 0.3 is 12.1 Å². The van der Waals surface area contributed by atoms with E-state index in [9.17, 15) is 9.59 Å². The largest absolute Gasteiger partial charge is 0.458 e. The summed E-state index contributed by atoms with van der Waals surface area (Å²) in [5.41, 5.74) is 0.255. The Bertz CT molecular complexity index is 677. The molecule has 25 heavy (non-hydrogen) atoms. The summed E-state index contributed by atoms with van der Waals surface area (Å²) in [5, 5.41) is 4.54. The van der Waals surface area contributed by atoms with Crippen LogP contribution in [0.5, 0.6) is 0 Å². The van der Waals surface area contributed by atoms with Crippen LogP contribution in [0, 0.1) is 0 Å². The highest BCUT2D eigenvalue weighted by molar-refractivity contribution is 7.09. The van der Waals surface area contributed by atoms with Crippen LogP contribution in [-0.2, 0) is 27.3 Å². The molecule has 5 nitrogen and oxygen atoms in total. The summed E-state index contributed by atoms with van der Waals surface area (Å²) in [7, 11) is 0. The topological polar surface area (TPSA) is 64.6 Å². The molecule has 0 saturated heterocycles. The van der Waals surface area contributed by atoms with Crippen molar-refractivity contribution < 1.29 is 19.1 Å². The van der Waals surface area contributed by atoms with Gasteiger partial charge in [0.25, 0.3) is 0 Å². The lowest BCUT2D eigenvalue weighted by atomic mass is 10.1. The Morgan fingerprint density at radius 1 is 1.12 bits per heavy atom. The SMILES string of the molecule is CC(C)(C)OC(=O)[C@H](Cc1cccs1)NC(=O)OCc1ccccc1. The molecule has 1 atom stereocenters. The molecule has 2 rings (SSSR count). The molecule has 2 aromatic rings. The van der Waals surface area contributed by atoms with Crippen LogP contribution in [0.1, 0.15) is 31.2 Å². The van der Waals surface area contributed by atoms with Crippen LogP contribution in [0.3, 0.4) is 0 Å². The van der Waals surface area contributed by atoms with Gasteiger partial charge in [-0.25, -0.2) is 9.59 Å². The standard InChI is InChI=1S/C19H23NO4S/c1-19(2,3)24-17(21)16(12-15-10-7-11-25-15)20-18(22)23-13-14-8-5-4-6-9-14/h4-11,16H,12-13H2,1-3H3,(H,20,22)/t16-/m0/s1. The summed E-state index contributed by atoms with van der Waals surface area (Å²) < 4.78 is 10.6. The maximum absolute atomic E-state index is 12.4. The number of amides is 1. The number of carbonyl (C=O) groups is 2. The normalized spacial score (nSPS) is 12.3. The first-order valence-corrected chi connectivity index (χ1v) is 8.94. The Labute approximate surface area is 152 Å². The second-order valence-corrected chi connectivity index (χ2v) is 7.61. The summed E-state index contributed by atoms with van der Waals surface area (Å²) in [6, 6.07) is 12.4. The van der Waals surface area contributed by atoms with Gasteiger partial charge in [0.2, 0.25) is 0 Å². The number of hydrogen-bond acceptors (Lipinski definition) is 5. The lowest BCUT2D eigenvalue weighted by Gasteiger charge is -2.24. The predicted octanol–water partition coefficient (Wildman–Crippen LogP) is 3.93. The molecule has 0 radical (unpaired) electrons. The lowest BCUT2D eigenvalue weighted by molar-refractivity contribution is -0.157. The summed E-state index contributed by atoms with van der Waals surface area (Å²) in [6.45, 7) is 5.52. The Morgan fingerprint density at radius 3 is 2.44 bits per heavy atom. The Kier molecular flexibility index (Phi) is 6.58. The minimum Gasteiger partial charge on any atom is -0.458 e. The van der Waals surface area contributed by atoms with Crippen LogP contribution >= 0.6 is 11.3 Å². The van der Waals surface area contributed by atoms with E-state index in [-0.39, 0.29) is 6.61 Å². The van der Waals surface area contributed by atoms with E-state index in [4.69, 9.17) is 9.47 Å². The Balaban J connectivity index is 1.96. The van der Waals surface area contributed by atoms with Crippen molar-refractivity contribution in [3.05, 3.63) is 58.3 Å². The van der Waals surface area contributed by atoms with Crippen molar-refractivity contribution >= 4 is 23.4 Å². The highest BCUT2D eigenvalue weighted by atomic mass is 32.1. The molecule has 0 bridgehead atoms. The molecule has 0 fully saturated rings. The average Bonchev–Trinajstić information content (AvgIpc) is 3.05. The zero-order valence-corrected chi connectivity index (χ0v) is 15.5. The molecule has 1 aromatic heterocycles. The number of carbonyl (C=O) groups excluding carboxylic acids is 2. The first-order chi connectivity index (χ1) is 11.8. The minimum atomic E-state index is -0.791. The molecule has 0 aliphatic carbocycles. The van der Waals surface area contributed by atoms with Crippen molar-refractivity contribution in [2.75, 3.05) is 0 Å². The predicted molar refractivity (Wildman–Crippen MR) is 97.4 cm³/mol. The Morgan fingerprint density at radius 2 is 1.84 bits per heavy atom. The van der Waals surface area contributed by atoms with E-state index in [1.807, 2.05) is 47.8 Å². The molecular formula is C19H23NO4S. The fourth-order valence-corrected chi connectivity index (χ4v) is 2.86. The van der Waals surface area contributed by atoms with Crippen molar-refractivity contribution in [3.63, 3.8) is 0 Å². The highest BCUT2D eigenvalue weighted by Crippen LogP contribution is 2.15. The number of alkyl carbamates (subject to hydrolysis) is 1. The number of ether oxygens (including phenoxy) is 2. The fourth-order valence-electron chi connectivity index (χ4n) is 2.10. The molecule has 6 heteroatoms. The zero-order chi connectivity index (χ0) is 18.3. The molecule has 1 heterocycles. The van der Waals surface area contributed by atoms with Crippen LogP contribution in [-0.4, -0.2) is 23.7 Å². The van der Waals surface area contributed by atoms with Crippen molar-refractivity contribution in [1.29, 1.82) is 0 Å². The van der Waals surface area contributed by atoms with E-state index in [1.54, 1.807) is 20.8 Å². The number of hydrogen-bond donors (Lipinski definition) is 1. The number of esters is 1. The van der Waals surface area contributed by atoms with Gasteiger partial charge < -0.3 is 14.8 Å². The number of thiophene rings is 1. The van der Waals surface area contributed by atoms with Crippen molar-refractivity contribution in [2.45, 2.75) is 45.4 Å². The average molecular weight is 361 g/mol. The summed E-state index contributed by atoms with van der Waals surface area (Å²) >= 11 is 1.52. The third kappa shape index (κ3) is 6.97. The third-order valence-corrected chi connectivity index (χ3v) is 4.08. The first kappa shape index (κ1) is 19.0.